The molecule has 0 aliphatic carbocycles. The van der Waals surface area contributed by atoms with E-state index in [-0.39, 0.29) is 29.6 Å². The van der Waals surface area contributed by atoms with E-state index in [1.807, 2.05) is 38.5 Å². The average Bonchev–Trinajstić information content (AvgIpc) is 3.24. The Morgan fingerprint density at radius 2 is 1.93 bits per heavy atom. The lowest BCUT2D eigenvalue weighted by Gasteiger charge is -2.14. The van der Waals surface area contributed by atoms with Crippen LogP contribution in [0.2, 0.25) is 0 Å². The number of aliphatic hydroxyl groups excluding tert-OH is 1. The molecule has 0 spiro atoms. The van der Waals surface area contributed by atoms with Crippen molar-refractivity contribution in [3.8, 4) is 0 Å². The number of amides is 1. The van der Waals surface area contributed by atoms with Crippen molar-refractivity contribution < 1.29 is 9.90 Å². The quantitative estimate of drug-likeness (QED) is 0.113. The summed E-state index contributed by atoms with van der Waals surface area (Å²) < 4.78 is 0. The molecule has 0 radical (unpaired) electrons. The zero-order valence-electron chi connectivity index (χ0n) is 17.8. The van der Waals surface area contributed by atoms with Crippen molar-refractivity contribution in [1.29, 1.82) is 5.41 Å². The molecule has 164 valence electrons. The number of anilines is 1. The van der Waals surface area contributed by atoms with Crippen LogP contribution >= 0.6 is 20.6 Å². The maximum absolute atomic E-state index is 10.6. The van der Waals surface area contributed by atoms with Crippen LogP contribution in [-0.2, 0) is 4.79 Å². The number of nitrogens with one attached hydrogen (secondary N) is 1. The smallest absolute Gasteiger partial charge is 0.204 e. The summed E-state index contributed by atoms with van der Waals surface area (Å²) in [5, 5.41) is 23.4. The Bertz CT molecular complexity index is 878. The Kier molecular flexibility index (Phi) is 13.0. The summed E-state index contributed by atoms with van der Waals surface area (Å²) in [5.74, 6) is 0.330. The van der Waals surface area contributed by atoms with Crippen LogP contribution in [0, 0.1) is 11.3 Å². The number of carbonyl (C=O) groups excluding carboxylic acids is 1. The SMILES string of the molecule is CC.CC(C)C/C(C(N)=Nc1ccc(N)cc1P)=C(/O)C(=N)c1ccsc1.NC=O. The molecule has 1 heterocycles. The number of aliphatic imine (C=N–C) groups is 1. The fourth-order valence-electron chi connectivity index (χ4n) is 2.30. The molecule has 1 aromatic heterocycles. The fraction of sp³-hybridized carbons (Fsp3) is 0.286. The van der Waals surface area contributed by atoms with Gasteiger partial charge in [0.1, 0.15) is 17.3 Å². The number of benzene rings is 1. The molecule has 2 aromatic rings. The Morgan fingerprint density at radius 3 is 2.40 bits per heavy atom. The van der Waals surface area contributed by atoms with E-state index >= 15 is 0 Å². The predicted molar refractivity (Wildman–Crippen MR) is 133 cm³/mol. The minimum Gasteiger partial charge on any atom is -0.505 e. The van der Waals surface area contributed by atoms with Gasteiger partial charge in [-0.25, -0.2) is 4.99 Å². The van der Waals surface area contributed by atoms with E-state index in [0.717, 1.165) is 5.30 Å². The minimum atomic E-state index is -0.130. The number of amidine groups is 1. The topological polar surface area (TPSA) is 152 Å². The van der Waals surface area contributed by atoms with Gasteiger partial charge < -0.3 is 22.3 Å². The summed E-state index contributed by atoms with van der Waals surface area (Å²) in [4.78, 5) is 13.0. The summed E-state index contributed by atoms with van der Waals surface area (Å²) >= 11 is 1.47. The molecule has 0 saturated heterocycles. The second kappa shape index (κ2) is 14.3. The summed E-state index contributed by atoms with van der Waals surface area (Å²) in [5.41, 5.74) is 18.6. The number of aliphatic hydroxyl groups is 1. The molecular weight excluding hydrogens is 417 g/mol. The summed E-state index contributed by atoms with van der Waals surface area (Å²) in [6.45, 7) is 8.05. The van der Waals surface area contributed by atoms with Gasteiger partial charge in [0.2, 0.25) is 6.41 Å². The van der Waals surface area contributed by atoms with Crippen LogP contribution in [0.4, 0.5) is 11.4 Å². The van der Waals surface area contributed by atoms with E-state index < -0.39 is 0 Å². The lowest BCUT2D eigenvalue weighted by molar-refractivity contribution is -0.106. The van der Waals surface area contributed by atoms with Crippen LogP contribution in [0.15, 0.2) is 51.4 Å². The van der Waals surface area contributed by atoms with Crippen LogP contribution in [0.25, 0.3) is 0 Å². The normalized spacial score (nSPS) is 11.5. The zero-order valence-corrected chi connectivity index (χ0v) is 19.8. The fourth-order valence-corrected chi connectivity index (χ4v) is 3.30. The van der Waals surface area contributed by atoms with E-state index in [1.165, 1.54) is 11.3 Å². The van der Waals surface area contributed by atoms with Gasteiger partial charge in [-0.15, -0.1) is 9.24 Å². The van der Waals surface area contributed by atoms with Gasteiger partial charge in [0, 0.05) is 22.2 Å². The van der Waals surface area contributed by atoms with Crippen molar-refractivity contribution in [3.05, 3.63) is 51.9 Å². The molecule has 0 bridgehead atoms. The molecule has 2 rings (SSSR count). The number of thiophene rings is 1. The summed E-state index contributed by atoms with van der Waals surface area (Å²) in [6.07, 6.45) is 0.773. The van der Waals surface area contributed by atoms with Crippen molar-refractivity contribution in [2.45, 2.75) is 34.1 Å². The zero-order chi connectivity index (χ0) is 23.3. The van der Waals surface area contributed by atoms with Gasteiger partial charge in [0.15, 0.2) is 0 Å². The summed E-state index contributed by atoms with van der Waals surface area (Å²) in [7, 11) is 2.57. The van der Waals surface area contributed by atoms with E-state index in [4.69, 9.17) is 21.7 Å². The largest absolute Gasteiger partial charge is 0.505 e. The van der Waals surface area contributed by atoms with Crippen molar-refractivity contribution in [2.24, 2.45) is 22.4 Å². The van der Waals surface area contributed by atoms with Crippen molar-refractivity contribution in [3.63, 3.8) is 0 Å². The second-order valence-corrected chi connectivity index (χ2v) is 7.67. The first kappa shape index (κ1) is 27.3. The Morgan fingerprint density at radius 1 is 1.33 bits per heavy atom. The van der Waals surface area contributed by atoms with Gasteiger partial charge in [-0.1, -0.05) is 27.7 Å². The number of nitrogens with zero attached hydrogens (tertiary/aromatic N) is 1. The molecular formula is C21H32N5O2PS. The highest BCUT2D eigenvalue weighted by molar-refractivity contribution is 7.28. The molecule has 1 aromatic carbocycles. The average molecular weight is 450 g/mol. The van der Waals surface area contributed by atoms with Gasteiger partial charge in [-0.2, -0.15) is 11.3 Å². The highest BCUT2D eigenvalue weighted by Crippen LogP contribution is 2.22. The molecule has 1 amide bonds. The van der Waals surface area contributed by atoms with E-state index in [1.54, 1.807) is 24.3 Å². The maximum Gasteiger partial charge on any atom is 0.204 e. The van der Waals surface area contributed by atoms with Crippen LogP contribution in [-0.4, -0.2) is 23.1 Å². The minimum absolute atomic E-state index is 0.0541. The van der Waals surface area contributed by atoms with Gasteiger partial charge in [0.05, 0.1) is 5.69 Å². The Balaban J connectivity index is 0.00000154. The highest BCUT2D eigenvalue weighted by atomic mass is 32.1. The number of hydrogen-bond acceptors (Lipinski definition) is 6. The highest BCUT2D eigenvalue weighted by Gasteiger charge is 2.18. The molecule has 7 nitrogen and oxygen atoms in total. The molecule has 1 unspecified atom stereocenters. The number of primary amides is 1. The monoisotopic (exact) mass is 449 g/mol. The van der Waals surface area contributed by atoms with Gasteiger partial charge in [-0.3, -0.25) is 10.2 Å². The number of allylic oxidation sites excluding steroid dienone is 1. The second-order valence-electron chi connectivity index (χ2n) is 6.26. The van der Waals surface area contributed by atoms with Crippen LogP contribution in [0.3, 0.4) is 0 Å². The number of nitrogen functional groups attached to an aromatic ring is 1. The first-order valence-corrected chi connectivity index (χ1v) is 10.9. The molecule has 0 aliphatic heterocycles. The van der Waals surface area contributed by atoms with Crippen LogP contribution in [0.1, 0.15) is 39.7 Å². The first-order valence-electron chi connectivity index (χ1n) is 9.39. The Hall–Kier alpha value is -2.70. The number of carbonyl (C=O) groups is 1. The van der Waals surface area contributed by atoms with Crippen LogP contribution < -0.4 is 22.5 Å². The van der Waals surface area contributed by atoms with Crippen molar-refractivity contribution in [1.82, 2.24) is 0 Å². The van der Waals surface area contributed by atoms with E-state index in [9.17, 15) is 5.11 Å². The standard InChI is InChI=1S/C18H23N4OPS.C2H6.CH3NO/c1-10(2)7-13(17(23)16(20)11-5-6-25-9-11)18(21)22-14-4-3-12(19)8-15(14)24;1-2;2-1-3/h3-6,8-10,20,23H,7,19,24H2,1-2H3,(H2,21,22);1-2H3;1H,(H2,2,3)/b17-13-,20-16?;;. The lowest BCUT2D eigenvalue weighted by atomic mass is 9.98. The molecule has 0 fully saturated rings. The third-order valence-electron chi connectivity index (χ3n) is 3.55. The maximum atomic E-state index is 10.6. The number of rotatable bonds is 6. The summed E-state index contributed by atoms with van der Waals surface area (Å²) in [6, 6.07) is 7.11. The predicted octanol–water partition coefficient (Wildman–Crippen LogP) is 3.87. The Labute approximate surface area is 184 Å². The van der Waals surface area contributed by atoms with Crippen LogP contribution in [0.5, 0.6) is 0 Å². The first-order chi connectivity index (χ1) is 14.2. The van der Waals surface area contributed by atoms with E-state index in [0.29, 0.717) is 28.9 Å². The molecule has 1 atom stereocenters. The van der Waals surface area contributed by atoms with Crippen molar-refractivity contribution >= 4 is 55.2 Å². The molecule has 8 N–H and O–H groups in total. The van der Waals surface area contributed by atoms with Gasteiger partial charge in [0.25, 0.3) is 0 Å². The number of hydrogen-bond donors (Lipinski definition) is 5. The van der Waals surface area contributed by atoms with Gasteiger partial charge in [-0.05, 0) is 47.3 Å². The molecule has 0 aliphatic rings. The number of nitrogens with two attached hydrogens (primary N) is 3. The van der Waals surface area contributed by atoms with E-state index in [2.05, 4.69) is 20.0 Å². The lowest BCUT2D eigenvalue weighted by Crippen LogP contribution is -2.21. The molecule has 9 heteroatoms. The third-order valence-corrected chi connectivity index (χ3v) is 4.69. The van der Waals surface area contributed by atoms with Crippen molar-refractivity contribution in [2.75, 3.05) is 5.73 Å². The third kappa shape index (κ3) is 8.76. The molecule has 30 heavy (non-hydrogen) atoms. The van der Waals surface area contributed by atoms with Gasteiger partial charge >= 0.3 is 0 Å². The molecule has 0 saturated carbocycles.